The molecule has 0 unspecified atom stereocenters. The van der Waals surface area contributed by atoms with Gasteiger partial charge in [-0.05, 0) is 61.2 Å². The Hall–Kier alpha value is -4.06. The number of methoxy groups -OCH3 is 1. The minimum Gasteiger partial charge on any atom is -0.457 e. The van der Waals surface area contributed by atoms with E-state index in [0.717, 1.165) is 66.5 Å². The number of nitrogens with one attached hydrogen (secondary N) is 1. The lowest BCUT2D eigenvalue weighted by atomic mass is 9.89. The number of hydrogen-bond acceptors (Lipinski definition) is 9. The molecule has 0 spiro atoms. The van der Waals surface area contributed by atoms with Gasteiger partial charge in [-0.1, -0.05) is 0 Å². The first-order valence-electron chi connectivity index (χ1n) is 12.7. The Morgan fingerprint density at radius 3 is 2.61 bits per heavy atom. The van der Waals surface area contributed by atoms with Crippen LogP contribution < -0.4 is 15.8 Å². The largest absolute Gasteiger partial charge is 0.457 e. The second kappa shape index (κ2) is 10.0. The van der Waals surface area contributed by atoms with Crippen LogP contribution in [-0.2, 0) is 11.3 Å². The molecule has 1 saturated heterocycles. The molecule has 0 bridgehead atoms. The first-order valence-corrected chi connectivity index (χ1v) is 12.7. The number of rotatable bonds is 8. The molecule has 1 aliphatic rings. The summed E-state index contributed by atoms with van der Waals surface area (Å²) < 4.78 is 15.0. The summed E-state index contributed by atoms with van der Waals surface area (Å²) in [6.45, 7) is 5.28. The van der Waals surface area contributed by atoms with E-state index in [1.54, 1.807) is 18.0 Å². The quantitative estimate of drug-likeness (QED) is 0.321. The molecule has 0 radical (unpaired) electrons. The summed E-state index contributed by atoms with van der Waals surface area (Å²) in [7, 11) is 1.71. The van der Waals surface area contributed by atoms with Crippen molar-refractivity contribution in [3.05, 3.63) is 72.6 Å². The predicted molar refractivity (Wildman–Crippen MR) is 144 cm³/mol. The van der Waals surface area contributed by atoms with Gasteiger partial charge in [0.15, 0.2) is 11.5 Å². The zero-order valence-electron chi connectivity index (χ0n) is 21.5. The molecular formula is C27H31N9O2. The number of hydrogen-bond donors (Lipinski definition) is 2. The van der Waals surface area contributed by atoms with Crippen LogP contribution in [0, 0.1) is 6.92 Å². The second-order valence-corrected chi connectivity index (χ2v) is 9.95. The summed E-state index contributed by atoms with van der Waals surface area (Å²) in [6, 6.07) is 11.8. The van der Waals surface area contributed by atoms with E-state index in [0.29, 0.717) is 12.4 Å². The predicted octanol–water partition coefficient (Wildman–Crippen LogP) is 3.56. The van der Waals surface area contributed by atoms with Crippen LogP contribution in [0.15, 0.2) is 61.4 Å². The molecule has 0 aliphatic carbocycles. The highest BCUT2D eigenvalue weighted by molar-refractivity contribution is 5.76. The maximum atomic E-state index is 6.49. The molecule has 1 aliphatic heterocycles. The van der Waals surface area contributed by atoms with Crippen LogP contribution in [0.3, 0.4) is 0 Å². The Bertz CT molecular complexity index is 1570. The molecule has 11 nitrogen and oxygen atoms in total. The molecule has 0 saturated carbocycles. The minimum absolute atomic E-state index is 0.235. The molecule has 11 heteroatoms. The number of nitrogens with zero attached hydrogens (tertiary/aromatic N) is 7. The zero-order chi connectivity index (χ0) is 26.1. The van der Waals surface area contributed by atoms with Crippen molar-refractivity contribution in [1.29, 1.82) is 0 Å². The van der Waals surface area contributed by atoms with Crippen molar-refractivity contribution in [2.75, 3.05) is 32.1 Å². The van der Waals surface area contributed by atoms with Crippen molar-refractivity contribution >= 4 is 22.7 Å². The highest BCUT2D eigenvalue weighted by Crippen LogP contribution is 2.31. The smallest absolute Gasteiger partial charge is 0.158 e. The van der Waals surface area contributed by atoms with E-state index >= 15 is 0 Å². The third-order valence-corrected chi connectivity index (χ3v) is 7.13. The lowest BCUT2D eigenvalue weighted by Gasteiger charge is -2.38. The molecule has 5 aromatic rings. The van der Waals surface area contributed by atoms with Crippen LogP contribution in [0.5, 0.6) is 11.5 Å². The Balaban J connectivity index is 1.18. The molecule has 0 amide bonds. The lowest BCUT2D eigenvalue weighted by Crippen LogP contribution is -2.52. The Kier molecular flexibility index (Phi) is 6.40. The van der Waals surface area contributed by atoms with Gasteiger partial charge in [0.1, 0.15) is 29.7 Å². The van der Waals surface area contributed by atoms with Gasteiger partial charge in [-0.15, -0.1) is 0 Å². The zero-order valence-corrected chi connectivity index (χ0v) is 21.5. The summed E-state index contributed by atoms with van der Waals surface area (Å²) in [5.74, 6) is 2.23. The van der Waals surface area contributed by atoms with Gasteiger partial charge in [-0.2, -0.15) is 10.2 Å². The van der Waals surface area contributed by atoms with E-state index in [1.807, 2.05) is 54.2 Å². The Morgan fingerprint density at radius 1 is 1.00 bits per heavy atom. The standard InChI is InChI=1S/C27H31N9O2/c1-19-13-21(3-4-23(19)38-22-6-10-35-24(14-22)29-17-31-35)33-26-25-20(5-9-36(25)32-18-30-26)15-34-11-7-27(28,8-12-34)16-37-2/h3-6,9-10,13-14,17-18H,7-8,11-12,15-16,28H2,1-2H3,(H,30,32,33). The van der Waals surface area contributed by atoms with Crippen molar-refractivity contribution in [2.45, 2.75) is 31.8 Å². The van der Waals surface area contributed by atoms with Crippen molar-refractivity contribution in [3.63, 3.8) is 0 Å². The van der Waals surface area contributed by atoms with Gasteiger partial charge in [0, 0.05) is 56.4 Å². The molecule has 4 aromatic heterocycles. The molecule has 1 aromatic carbocycles. The van der Waals surface area contributed by atoms with E-state index in [-0.39, 0.29) is 5.54 Å². The number of piperidine rings is 1. The molecule has 5 heterocycles. The van der Waals surface area contributed by atoms with E-state index in [4.69, 9.17) is 15.2 Å². The minimum atomic E-state index is -0.235. The maximum Gasteiger partial charge on any atom is 0.158 e. The van der Waals surface area contributed by atoms with Crippen molar-refractivity contribution < 1.29 is 9.47 Å². The molecule has 3 N–H and O–H groups in total. The average Bonchev–Trinajstić information content (AvgIpc) is 3.55. The molecule has 6 rings (SSSR count). The van der Waals surface area contributed by atoms with E-state index in [1.165, 1.54) is 11.9 Å². The van der Waals surface area contributed by atoms with E-state index < -0.39 is 0 Å². The van der Waals surface area contributed by atoms with Crippen LogP contribution in [0.25, 0.3) is 11.2 Å². The van der Waals surface area contributed by atoms with Crippen molar-refractivity contribution in [1.82, 2.24) is 34.1 Å². The van der Waals surface area contributed by atoms with Crippen LogP contribution in [0.2, 0.25) is 0 Å². The lowest BCUT2D eigenvalue weighted by molar-refractivity contribution is 0.0750. The summed E-state index contributed by atoms with van der Waals surface area (Å²) in [5.41, 5.74) is 11.0. The number of nitrogens with two attached hydrogens (primary N) is 1. The van der Waals surface area contributed by atoms with Gasteiger partial charge >= 0.3 is 0 Å². The number of pyridine rings is 1. The van der Waals surface area contributed by atoms with Gasteiger partial charge in [0.2, 0.25) is 0 Å². The average molecular weight is 514 g/mol. The SMILES string of the molecule is COCC1(N)CCN(Cc2ccn3ncnc(Nc4ccc(Oc5ccn6ncnc6c5)c(C)c4)c23)CC1. The second-order valence-electron chi connectivity index (χ2n) is 9.95. The highest BCUT2D eigenvalue weighted by Gasteiger charge is 2.31. The van der Waals surface area contributed by atoms with Crippen LogP contribution in [-0.4, -0.2) is 66.4 Å². The van der Waals surface area contributed by atoms with Gasteiger partial charge in [-0.25, -0.2) is 19.0 Å². The van der Waals surface area contributed by atoms with Crippen molar-refractivity contribution in [3.8, 4) is 11.5 Å². The monoisotopic (exact) mass is 513 g/mol. The molecule has 196 valence electrons. The fourth-order valence-corrected chi connectivity index (χ4v) is 5.03. The van der Waals surface area contributed by atoms with Gasteiger partial charge in [0.05, 0.1) is 6.61 Å². The third-order valence-electron chi connectivity index (χ3n) is 7.13. The molecule has 0 atom stereocenters. The number of aryl methyl sites for hydroxylation is 1. The number of aromatic nitrogens is 6. The Labute approximate surface area is 220 Å². The molecule has 1 fully saturated rings. The Morgan fingerprint density at radius 2 is 1.79 bits per heavy atom. The fourth-order valence-electron chi connectivity index (χ4n) is 5.03. The van der Waals surface area contributed by atoms with Gasteiger partial charge in [0.25, 0.3) is 0 Å². The van der Waals surface area contributed by atoms with Gasteiger partial charge in [-0.3, -0.25) is 4.90 Å². The first-order chi connectivity index (χ1) is 18.5. The molecule has 38 heavy (non-hydrogen) atoms. The topological polar surface area (TPSA) is 120 Å². The third kappa shape index (κ3) is 4.91. The van der Waals surface area contributed by atoms with Crippen LogP contribution >= 0.6 is 0 Å². The highest BCUT2D eigenvalue weighted by atomic mass is 16.5. The number of fused-ring (bicyclic) bond motifs is 2. The molecular weight excluding hydrogens is 482 g/mol. The van der Waals surface area contributed by atoms with Crippen molar-refractivity contribution in [2.24, 2.45) is 5.73 Å². The fraction of sp³-hybridized carbons (Fsp3) is 0.333. The van der Waals surface area contributed by atoms with E-state index in [9.17, 15) is 0 Å². The summed E-state index contributed by atoms with van der Waals surface area (Å²) in [5, 5.41) is 12.0. The summed E-state index contributed by atoms with van der Waals surface area (Å²) in [4.78, 5) is 11.2. The number of anilines is 2. The number of likely N-dealkylation sites (tertiary alicyclic amines) is 1. The number of benzene rings is 1. The van der Waals surface area contributed by atoms with Crippen LogP contribution in [0.4, 0.5) is 11.5 Å². The van der Waals surface area contributed by atoms with Crippen LogP contribution in [0.1, 0.15) is 24.0 Å². The normalized spacial score (nSPS) is 15.8. The summed E-state index contributed by atoms with van der Waals surface area (Å²) >= 11 is 0. The summed E-state index contributed by atoms with van der Waals surface area (Å²) in [6.07, 6.45) is 8.72. The van der Waals surface area contributed by atoms with E-state index in [2.05, 4.69) is 36.4 Å². The maximum absolute atomic E-state index is 6.49. The van der Waals surface area contributed by atoms with Gasteiger partial charge < -0.3 is 20.5 Å². The first kappa shape index (κ1) is 24.3. The number of ether oxygens (including phenoxy) is 2.